The highest BCUT2D eigenvalue weighted by Crippen LogP contribution is 2.30. The van der Waals surface area contributed by atoms with Crippen molar-refractivity contribution in [2.45, 2.75) is 31.2 Å². The number of thioether (sulfide) groups is 1. The van der Waals surface area contributed by atoms with Gasteiger partial charge >= 0.3 is 6.18 Å². The van der Waals surface area contributed by atoms with Gasteiger partial charge in [0.1, 0.15) is 5.82 Å². The van der Waals surface area contributed by atoms with E-state index in [1.165, 1.54) is 12.1 Å². The third-order valence-electron chi connectivity index (χ3n) is 4.38. The summed E-state index contributed by atoms with van der Waals surface area (Å²) < 4.78 is 40.2. The van der Waals surface area contributed by atoms with Crippen molar-refractivity contribution in [2.75, 3.05) is 16.4 Å². The first-order valence-corrected chi connectivity index (χ1v) is 11.6. The van der Waals surface area contributed by atoms with E-state index in [1.807, 2.05) is 6.92 Å². The van der Waals surface area contributed by atoms with Crippen LogP contribution in [0, 0.1) is 0 Å². The maximum atomic E-state index is 12.9. The van der Waals surface area contributed by atoms with Gasteiger partial charge in [0, 0.05) is 28.0 Å². The van der Waals surface area contributed by atoms with Crippen LogP contribution in [-0.4, -0.2) is 32.3 Å². The van der Waals surface area contributed by atoms with Gasteiger partial charge < -0.3 is 15.2 Å². The molecule has 2 N–H and O–H groups in total. The molecule has 0 aliphatic carbocycles. The van der Waals surface area contributed by atoms with E-state index in [0.717, 1.165) is 23.9 Å². The summed E-state index contributed by atoms with van der Waals surface area (Å²) in [5, 5.41) is 14.3. The second-order valence-corrected chi connectivity index (χ2v) is 8.76. The summed E-state index contributed by atoms with van der Waals surface area (Å²) in [6.45, 7) is 2.24. The Labute approximate surface area is 207 Å². The first-order chi connectivity index (χ1) is 16.0. The highest BCUT2D eigenvalue weighted by atomic mass is 35.5. The second-order valence-electron chi connectivity index (χ2n) is 6.94. The summed E-state index contributed by atoms with van der Waals surface area (Å²) in [4.78, 5) is 24.7. The molecule has 0 aliphatic rings. The van der Waals surface area contributed by atoms with Crippen molar-refractivity contribution in [2.24, 2.45) is 0 Å². The molecule has 0 spiro atoms. The number of carbonyl (C=O) groups is 2. The monoisotopic (exact) mass is 531 g/mol. The molecule has 0 saturated heterocycles. The quantitative estimate of drug-likeness (QED) is 0.372. The maximum Gasteiger partial charge on any atom is 0.416 e. The van der Waals surface area contributed by atoms with Crippen molar-refractivity contribution in [1.29, 1.82) is 0 Å². The predicted octanol–water partition coefficient (Wildman–Crippen LogP) is 5.54. The zero-order valence-corrected chi connectivity index (χ0v) is 19.9. The number of halogens is 5. The molecule has 0 atom stereocenters. The number of hydrogen-bond acceptors (Lipinski definition) is 5. The van der Waals surface area contributed by atoms with Crippen LogP contribution < -0.4 is 10.6 Å². The van der Waals surface area contributed by atoms with Crippen LogP contribution >= 0.6 is 35.0 Å². The van der Waals surface area contributed by atoms with Gasteiger partial charge in [-0.1, -0.05) is 41.0 Å². The molecule has 1 aromatic heterocycles. The molecule has 2 aromatic carbocycles. The molecular weight excluding hydrogens is 514 g/mol. The Kier molecular flexibility index (Phi) is 8.45. The number of nitrogens with one attached hydrogen (secondary N) is 2. The summed E-state index contributed by atoms with van der Waals surface area (Å²) in [7, 11) is 0. The highest BCUT2D eigenvalue weighted by Gasteiger charge is 2.30. The van der Waals surface area contributed by atoms with E-state index in [2.05, 4.69) is 20.8 Å². The highest BCUT2D eigenvalue weighted by molar-refractivity contribution is 7.99. The number of amides is 2. The first kappa shape index (κ1) is 25.9. The van der Waals surface area contributed by atoms with Crippen LogP contribution in [0.3, 0.4) is 0 Å². The van der Waals surface area contributed by atoms with Crippen molar-refractivity contribution in [3.63, 3.8) is 0 Å². The van der Waals surface area contributed by atoms with Crippen LogP contribution in [0.5, 0.6) is 0 Å². The lowest BCUT2D eigenvalue weighted by Crippen LogP contribution is -2.18. The van der Waals surface area contributed by atoms with Gasteiger partial charge in [-0.3, -0.25) is 9.59 Å². The zero-order valence-electron chi connectivity index (χ0n) is 17.6. The van der Waals surface area contributed by atoms with Gasteiger partial charge in [-0.15, -0.1) is 10.2 Å². The Morgan fingerprint density at radius 1 is 1.00 bits per heavy atom. The lowest BCUT2D eigenvalue weighted by Gasteiger charge is -2.10. The van der Waals surface area contributed by atoms with E-state index in [4.69, 9.17) is 23.2 Å². The molecular formula is C21H18Cl2F3N5O2S. The van der Waals surface area contributed by atoms with Crippen molar-refractivity contribution in [3.05, 3.63) is 63.9 Å². The molecule has 0 saturated carbocycles. The molecule has 180 valence electrons. The third-order valence-corrected chi connectivity index (χ3v) is 5.78. The average Bonchev–Trinajstić information content (AvgIpc) is 3.12. The SMILES string of the molecule is CCn1c(CC(=O)Nc2cccc(C(F)(F)F)c2)nnc1SCC(=O)Nc1cc(Cl)cc(Cl)c1. The van der Waals surface area contributed by atoms with E-state index >= 15 is 0 Å². The van der Waals surface area contributed by atoms with Crippen molar-refractivity contribution in [1.82, 2.24) is 14.8 Å². The normalized spacial score (nSPS) is 11.4. The molecule has 0 bridgehead atoms. The number of alkyl halides is 3. The number of benzene rings is 2. The molecule has 0 unspecified atom stereocenters. The third kappa shape index (κ3) is 7.12. The largest absolute Gasteiger partial charge is 0.416 e. The van der Waals surface area contributed by atoms with E-state index in [1.54, 1.807) is 22.8 Å². The minimum Gasteiger partial charge on any atom is -0.326 e. The topological polar surface area (TPSA) is 88.9 Å². The molecule has 0 radical (unpaired) electrons. The summed E-state index contributed by atoms with van der Waals surface area (Å²) >= 11 is 13.0. The number of carbonyl (C=O) groups excluding carboxylic acids is 2. The average molecular weight is 532 g/mol. The molecule has 7 nitrogen and oxygen atoms in total. The molecule has 0 aliphatic heterocycles. The summed E-state index contributed by atoms with van der Waals surface area (Å²) in [5.41, 5.74) is -0.388. The van der Waals surface area contributed by atoms with E-state index in [-0.39, 0.29) is 23.8 Å². The van der Waals surface area contributed by atoms with Crippen molar-refractivity contribution < 1.29 is 22.8 Å². The number of anilines is 2. The molecule has 1 heterocycles. The van der Waals surface area contributed by atoms with Crippen molar-refractivity contribution >= 4 is 58.2 Å². The Morgan fingerprint density at radius 3 is 2.32 bits per heavy atom. The van der Waals surface area contributed by atoms with Crippen LogP contribution in [0.4, 0.5) is 24.5 Å². The van der Waals surface area contributed by atoms with Gasteiger partial charge in [-0.2, -0.15) is 13.2 Å². The van der Waals surface area contributed by atoms with Gasteiger partial charge in [-0.25, -0.2) is 0 Å². The van der Waals surface area contributed by atoms with Gasteiger partial charge in [-0.05, 0) is 43.3 Å². The number of nitrogens with zero attached hydrogens (tertiary/aromatic N) is 3. The summed E-state index contributed by atoms with van der Waals surface area (Å²) in [6, 6.07) is 9.02. The predicted molar refractivity (Wildman–Crippen MR) is 125 cm³/mol. The smallest absolute Gasteiger partial charge is 0.326 e. The maximum absolute atomic E-state index is 12.9. The van der Waals surface area contributed by atoms with Crippen LogP contribution in [0.25, 0.3) is 0 Å². The molecule has 13 heteroatoms. The minimum atomic E-state index is -4.51. The second kappa shape index (κ2) is 11.1. The molecule has 3 rings (SSSR count). The summed E-state index contributed by atoms with van der Waals surface area (Å²) in [6.07, 6.45) is -4.72. The molecule has 3 aromatic rings. The Balaban J connectivity index is 1.60. The fourth-order valence-corrected chi connectivity index (χ4v) is 4.30. The van der Waals surface area contributed by atoms with Crippen LogP contribution in [-0.2, 0) is 28.7 Å². The van der Waals surface area contributed by atoms with Gasteiger partial charge in [0.15, 0.2) is 5.16 Å². The van der Waals surface area contributed by atoms with E-state index in [9.17, 15) is 22.8 Å². The zero-order chi connectivity index (χ0) is 24.9. The molecule has 34 heavy (non-hydrogen) atoms. The van der Waals surface area contributed by atoms with Gasteiger partial charge in [0.05, 0.1) is 17.7 Å². The first-order valence-electron chi connectivity index (χ1n) is 9.83. The number of rotatable bonds is 8. The van der Waals surface area contributed by atoms with Crippen LogP contribution in [0.15, 0.2) is 47.6 Å². The lowest BCUT2D eigenvalue weighted by molar-refractivity contribution is -0.137. The Hall–Kier alpha value is -2.76. The Morgan fingerprint density at radius 2 is 1.68 bits per heavy atom. The van der Waals surface area contributed by atoms with Gasteiger partial charge in [0.25, 0.3) is 0 Å². The summed E-state index contributed by atoms with van der Waals surface area (Å²) in [5.74, 6) is -0.540. The fourth-order valence-electron chi connectivity index (χ4n) is 2.95. The van der Waals surface area contributed by atoms with Crippen molar-refractivity contribution in [3.8, 4) is 0 Å². The van der Waals surface area contributed by atoms with Crippen LogP contribution in [0.1, 0.15) is 18.3 Å². The minimum absolute atomic E-state index is 0.0126. The fraction of sp³-hybridized carbons (Fsp3) is 0.238. The lowest BCUT2D eigenvalue weighted by atomic mass is 10.2. The van der Waals surface area contributed by atoms with E-state index in [0.29, 0.717) is 33.3 Å². The van der Waals surface area contributed by atoms with E-state index < -0.39 is 17.6 Å². The van der Waals surface area contributed by atoms with Crippen LogP contribution in [0.2, 0.25) is 10.0 Å². The standard InChI is InChI=1S/C21H18Cl2F3N5O2S/c1-2-31-17(10-18(32)27-15-5-3-4-12(6-15)21(24,25)26)29-30-20(31)34-11-19(33)28-16-8-13(22)7-14(23)9-16/h3-9H,2,10-11H2,1H3,(H,27,32)(H,28,33). The van der Waals surface area contributed by atoms with Gasteiger partial charge in [0.2, 0.25) is 11.8 Å². The molecule has 0 fully saturated rings. The molecule has 2 amide bonds. The Bertz CT molecular complexity index is 1180. The number of hydrogen-bond donors (Lipinski definition) is 2. The number of aromatic nitrogens is 3.